The van der Waals surface area contributed by atoms with E-state index in [0.717, 1.165) is 0 Å². The van der Waals surface area contributed by atoms with E-state index in [1.165, 1.54) is 25.7 Å². The quantitative estimate of drug-likeness (QED) is 0.521. The van der Waals surface area contributed by atoms with Gasteiger partial charge in [-0.3, -0.25) is 0 Å². The largest absolute Gasteiger partial charge is 0.0911 e. The molecule has 0 amide bonds. The summed E-state index contributed by atoms with van der Waals surface area (Å²) in [7, 11) is 0. The molecule has 66 valence electrons. The van der Waals surface area contributed by atoms with Crippen LogP contribution in [-0.2, 0) is 0 Å². The zero-order valence-corrected chi connectivity index (χ0v) is 8.48. The summed E-state index contributed by atoms with van der Waals surface area (Å²) in [5.41, 5.74) is 0.463. The Labute approximate surface area is 71.7 Å². The number of hydrogen-bond acceptors (Lipinski definition) is 0. The molecule has 0 spiro atoms. The van der Waals surface area contributed by atoms with Crippen molar-refractivity contribution < 1.29 is 0 Å². The Balaban J connectivity index is 3.88. The second kappa shape index (κ2) is 5.40. The van der Waals surface area contributed by atoms with E-state index in [1.807, 2.05) is 0 Å². The Morgan fingerprint density at radius 3 is 2.27 bits per heavy atom. The summed E-state index contributed by atoms with van der Waals surface area (Å²) in [6.45, 7) is 8.99. The normalized spacial score (nSPS) is 17.1. The van der Waals surface area contributed by atoms with Crippen LogP contribution in [0.15, 0.2) is 12.2 Å². The number of rotatable bonds is 5. The van der Waals surface area contributed by atoms with Crippen molar-refractivity contribution in [2.75, 3.05) is 0 Å². The summed E-state index contributed by atoms with van der Waals surface area (Å²) < 4.78 is 0. The smallest absolute Gasteiger partial charge is 0.0149 e. The van der Waals surface area contributed by atoms with Crippen molar-refractivity contribution in [2.24, 2.45) is 5.41 Å². The van der Waals surface area contributed by atoms with Crippen LogP contribution in [-0.4, -0.2) is 0 Å². The van der Waals surface area contributed by atoms with Crippen LogP contribution in [0.1, 0.15) is 53.4 Å². The molecule has 0 radical (unpaired) electrons. The highest BCUT2D eigenvalue weighted by Gasteiger charge is 2.16. The molecule has 0 aliphatic heterocycles. The minimum absolute atomic E-state index is 0.463. The summed E-state index contributed by atoms with van der Waals surface area (Å²) in [6.07, 6.45) is 9.80. The molecule has 0 saturated heterocycles. The summed E-state index contributed by atoms with van der Waals surface area (Å²) in [4.78, 5) is 0. The highest BCUT2D eigenvalue weighted by Crippen LogP contribution is 2.29. The van der Waals surface area contributed by atoms with Gasteiger partial charge in [-0.15, -0.1) is 0 Å². The van der Waals surface area contributed by atoms with E-state index in [-0.39, 0.29) is 0 Å². The van der Waals surface area contributed by atoms with Gasteiger partial charge in [0, 0.05) is 0 Å². The standard InChI is InChI=1S/C11H22/c1-5-8-10-11(4,7-3)9-6-2/h6,9H,5,7-8,10H2,1-4H3/b9-6+/t11-/m1/s1. The van der Waals surface area contributed by atoms with E-state index in [4.69, 9.17) is 0 Å². The molecule has 0 aliphatic rings. The highest BCUT2D eigenvalue weighted by molar-refractivity contribution is 4.94. The Morgan fingerprint density at radius 1 is 1.27 bits per heavy atom. The van der Waals surface area contributed by atoms with Crippen LogP contribution in [0, 0.1) is 5.41 Å². The second-order valence-corrected chi connectivity index (χ2v) is 3.61. The molecule has 0 aromatic rings. The van der Waals surface area contributed by atoms with Crippen LogP contribution in [0.3, 0.4) is 0 Å². The molecule has 0 N–H and O–H groups in total. The third-order valence-electron chi connectivity index (χ3n) is 2.48. The van der Waals surface area contributed by atoms with Gasteiger partial charge >= 0.3 is 0 Å². The maximum atomic E-state index is 2.35. The van der Waals surface area contributed by atoms with E-state index >= 15 is 0 Å². The van der Waals surface area contributed by atoms with Crippen LogP contribution >= 0.6 is 0 Å². The van der Waals surface area contributed by atoms with Gasteiger partial charge in [0.25, 0.3) is 0 Å². The first kappa shape index (κ1) is 10.7. The van der Waals surface area contributed by atoms with Crippen LogP contribution in [0.4, 0.5) is 0 Å². The second-order valence-electron chi connectivity index (χ2n) is 3.61. The number of unbranched alkanes of at least 4 members (excludes halogenated alkanes) is 1. The first-order valence-electron chi connectivity index (χ1n) is 4.82. The minimum atomic E-state index is 0.463. The molecule has 0 saturated carbocycles. The molecule has 1 atom stereocenters. The van der Waals surface area contributed by atoms with Gasteiger partial charge in [-0.25, -0.2) is 0 Å². The van der Waals surface area contributed by atoms with E-state index in [2.05, 4.69) is 39.8 Å². The molecule has 0 aromatic carbocycles. The highest BCUT2D eigenvalue weighted by atomic mass is 14.2. The van der Waals surface area contributed by atoms with E-state index in [9.17, 15) is 0 Å². The lowest BCUT2D eigenvalue weighted by Gasteiger charge is -2.23. The monoisotopic (exact) mass is 154 g/mol. The van der Waals surface area contributed by atoms with Crippen molar-refractivity contribution >= 4 is 0 Å². The van der Waals surface area contributed by atoms with Gasteiger partial charge in [-0.1, -0.05) is 45.8 Å². The Bertz CT molecular complexity index is 113. The zero-order valence-electron chi connectivity index (χ0n) is 8.48. The van der Waals surface area contributed by atoms with E-state index in [1.54, 1.807) is 0 Å². The molecule has 0 aliphatic carbocycles. The third kappa shape index (κ3) is 4.23. The van der Waals surface area contributed by atoms with Gasteiger partial charge in [0.2, 0.25) is 0 Å². The molecular formula is C11H22. The van der Waals surface area contributed by atoms with Crippen LogP contribution < -0.4 is 0 Å². The van der Waals surface area contributed by atoms with Gasteiger partial charge < -0.3 is 0 Å². The third-order valence-corrected chi connectivity index (χ3v) is 2.48. The predicted molar refractivity (Wildman–Crippen MR) is 52.7 cm³/mol. The van der Waals surface area contributed by atoms with Gasteiger partial charge in [0.1, 0.15) is 0 Å². The fourth-order valence-corrected chi connectivity index (χ4v) is 1.36. The Hall–Kier alpha value is -0.260. The van der Waals surface area contributed by atoms with Crippen molar-refractivity contribution in [3.05, 3.63) is 12.2 Å². The molecule has 0 fully saturated rings. The van der Waals surface area contributed by atoms with Crippen molar-refractivity contribution in [1.29, 1.82) is 0 Å². The fourth-order valence-electron chi connectivity index (χ4n) is 1.36. The minimum Gasteiger partial charge on any atom is -0.0911 e. The summed E-state index contributed by atoms with van der Waals surface area (Å²) in [6, 6.07) is 0. The van der Waals surface area contributed by atoms with Gasteiger partial charge in [-0.05, 0) is 25.2 Å². The SMILES string of the molecule is C/C=C/[C@@](C)(CC)CCCC. The average molecular weight is 154 g/mol. The Kier molecular flexibility index (Phi) is 5.27. The predicted octanol–water partition coefficient (Wildman–Crippen LogP) is 4.17. The van der Waals surface area contributed by atoms with E-state index in [0.29, 0.717) is 5.41 Å². The average Bonchev–Trinajstić information content (AvgIpc) is 2.02. The summed E-state index contributed by atoms with van der Waals surface area (Å²) in [5.74, 6) is 0. The van der Waals surface area contributed by atoms with Crippen LogP contribution in [0.2, 0.25) is 0 Å². The van der Waals surface area contributed by atoms with E-state index < -0.39 is 0 Å². The van der Waals surface area contributed by atoms with Crippen molar-refractivity contribution in [3.8, 4) is 0 Å². The van der Waals surface area contributed by atoms with Crippen molar-refractivity contribution in [2.45, 2.75) is 53.4 Å². The molecule has 0 heterocycles. The lowest BCUT2D eigenvalue weighted by Crippen LogP contribution is -2.10. The molecule has 0 bridgehead atoms. The molecule has 0 nitrogen and oxygen atoms in total. The van der Waals surface area contributed by atoms with Crippen LogP contribution in [0.25, 0.3) is 0 Å². The number of allylic oxidation sites excluding steroid dienone is 2. The summed E-state index contributed by atoms with van der Waals surface area (Å²) >= 11 is 0. The first-order chi connectivity index (χ1) is 5.18. The number of hydrogen-bond donors (Lipinski definition) is 0. The lowest BCUT2D eigenvalue weighted by molar-refractivity contribution is 0.363. The topological polar surface area (TPSA) is 0 Å². The van der Waals surface area contributed by atoms with Gasteiger partial charge in [0.15, 0.2) is 0 Å². The maximum absolute atomic E-state index is 2.35. The lowest BCUT2D eigenvalue weighted by atomic mass is 9.82. The van der Waals surface area contributed by atoms with Crippen molar-refractivity contribution in [3.63, 3.8) is 0 Å². The molecule has 0 rings (SSSR count). The summed E-state index contributed by atoms with van der Waals surface area (Å²) in [5, 5.41) is 0. The fraction of sp³-hybridized carbons (Fsp3) is 0.818. The first-order valence-corrected chi connectivity index (χ1v) is 4.82. The zero-order chi connectivity index (χ0) is 8.74. The molecule has 0 heteroatoms. The molecular weight excluding hydrogens is 132 g/mol. The molecule has 0 unspecified atom stereocenters. The van der Waals surface area contributed by atoms with Gasteiger partial charge in [-0.2, -0.15) is 0 Å². The maximum Gasteiger partial charge on any atom is -0.0149 e. The molecule has 0 aromatic heterocycles. The molecule has 11 heavy (non-hydrogen) atoms. The van der Waals surface area contributed by atoms with Crippen molar-refractivity contribution in [1.82, 2.24) is 0 Å². The van der Waals surface area contributed by atoms with Gasteiger partial charge in [0.05, 0.1) is 0 Å². The van der Waals surface area contributed by atoms with Crippen LogP contribution in [0.5, 0.6) is 0 Å². The Morgan fingerprint density at radius 2 is 1.91 bits per heavy atom.